The first-order valence-electron chi connectivity index (χ1n) is 7.36. The maximum absolute atomic E-state index is 12.2. The van der Waals surface area contributed by atoms with Gasteiger partial charge in [0.05, 0.1) is 25.6 Å². The van der Waals surface area contributed by atoms with Crippen molar-refractivity contribution in [2.24, 2.45) is 0 Å². The summed E-state index contributed by atoms with van der Waals surface area (Å²) in [5.41, 5.74) is 0.409. The summed E-state index contributed by atoms with van der Waals surface area (Å²) < 4.78 is 29.9. The molecule has 0 saturated heterocycles. The summed E-state index contributed by atoms with van der Waals surface area (Å²) in [6, 6.07) is 4.83. The zero-order valence-corrected chi connectivity index (χ0v) is 15.2. The molecule has 0 bridgehead atoms. The summed E-state index contributed by atoms with van der Waals surface area (Å²) in [6.45, 7) is 2.12. The van der Waals surface area contributed by atoms with Gasteiger partial charge in [-0.15, -0.1) is 0 Å². The van der Waals surface area contributed by atoms with Crippen LogP contribution in [0.4, 0.5) is 5.69 Å². The van der Waals surface area contributed by atoms with E-state index in [0.29, 0.717) is 23.0 Å². The minimum Gasteiger partial charge on any atom is -0.495 e. The van der Waals surface area contributed by atoms with E-state index in [-0.39, 0.29) is 6.54 Å². The quantitative estimate of drug-likeness (QED) is 0.685. The Morgan fingerprint density at radius 3 is 2.61 bits per heavy atom. The lowest BCUT2D eigenvalue weighted by molar-refractivity contribution is -0.116. The van der Waals surface area contributed by atoms with Crippen LogP contribution in [0.1, 0.15) is 26.2 Å². The number of amides is 1. The van der Waals surface area contributed by atoms with Crippen molar-refractivity contribution in [3.05, 3.63) is 23.2 Å². The van der Waals surface area contributed by atoms with Gasteiger partial charge >= 0.3 is 0 Å². The summed E-state index contributed by atoms with van der Waals surface area (Å²) in [6.07, 6.45) is 3.71. The second-order valence-electron chi connectivity index (χ2n) is 5.20. The lowest BCUT2D eigenvalue weighted by Crippen LogP contribution is -2.38. The normalized spacial score (nSPS) is 11.5. The van der Waals surface area contributed by atoms with Gasteiger partial charge in [-0.3, -0.25) is 4.79 Å². The Kier molecular flexibility index (Phi) is 7.81. The number of carbonyl (C=O) groups is 1. The number of ether oxygens (including phenoxy) is 1. The number of hydrogen-bond donors (Lipinski definition) is 1. The van der Waals surface area contributed by atoms with Gasteiger partial charge in [-0.1, -0.05) is 31.4 Å². The molecule has 0 radical (unpaired) electrons. The largest absolute Gasteiger partial charge is 0.495 e. The molecular weight excluding hydrogens is 340 g/mol. The van der Waals surface area contributed by atoms with Crippen molar-refractivity contribution in [1.82, 2.24) is 4.31 Å². The molecule has 1 amide bonds. The van der Waals surface area contributed by atoms with Gasteiger partial charge in [0.1, 0.15) is 5.75 Å². The highest BCUT2D eigenvalue weighted by atomic mass is 35.5. The van der Waals surface area contributed by atoms with E-state index >= 15 is 0 Å². The molecule has 23 heavy (non-hydrogen) atoms. The minimum absolute atomic E-state index is 0.238. The van der Waals surface area contributed by atoms with Crippen molar-refractivity contribution in [2.75, 3.05) is 31.8 Å². The number of unbranched alkanes of at least 4 members (excludes halogenated alkanes) is 2. The zero-order valence-electron chi connectivity index (χ0n) is 13.6. The van der Waals surface area contributed by atoms with E-state index in [1.807, 2.05) is 6.92 Å². The smallest absolute Gasteiger partial charge is 0.239 e. The van der Waals surface area contributed by atoms with E-state index in [1.54, 1.807) is 18.2 Å². The van der Waals surface area contributed by atoms with E-state index in [0.717, 1.165) is 25.5 Å². The highest BCUT2D eigenvalue weighted by Gasteiger charge is 2.20. The molecule has 0 atom stereocenters. The van der Waals surface area contributed by atoms with Gasteiger partial charge in [-0.05, 0) is 24.6 Å². The maximum atomic E-state index is 12.2. The van der Waals surface area contributed by atoms with Crippen LogP contribution in [0.15, 0.2) is 18.2 Å². The fraction of sp³-hybridized carbons (Fsp3) is 0.533. The van der Waals surface area contributed by atoms with E-state index in [4.69, 9.17) is 16.3 Å². The van der Waals surface area contributed by atoms with Gasteiger partial charge in [0.25, 0.3) is 0 Å². The number of benzene rings is 1. The summed E-state index contributed by atoms with van der Waals surface area (Å²) in [7, 11) is -1.96. The highest BCUT2D eigenvalue weighted by molar-refractivity contribution is 7.88. The van der Waals surface area contributed by atoms with Crippen LogP contribution in [0.25, 0.3) is 0 Å². The Bertz CT molecular complexity index is 634. The van der Waals surface area contributed by atoms with Crippen LogP contribution in [0.2, 0.25) is 5.02 Å². The number of rotatable bonds is 9. The summed E-state index contributed by atoms with van der Waals surface area (Å²) in [4.78, 5) is 12.2. The minimum atomic E-state index is -3.44. The maximum Gasteiger partial charge on any atom is 0.239 e. The summed E-state index contributed by atoms with van der Waals surface area (Å²) >= 11 is 5.91. The molecule has 0 aliphatic heterocycles. The van der Waals surface area contributed by atoms with Gasteiger partial charge in [-0.25, -0.2) is 8.42 Å². The summed E-state index contributed by atoms with van der Waals surface area (Å²) in [5.74, 6) is 0.0205. The first kappa shape index (κ1) is 19.7. The van der Waals surface area contributed by atoms with Crippen LogP contribution in [0.5, 0.6) is 5.75 Å². The molecule has 0 saturated carbocycles. The molecular formula is C15H23ClN2O4S. The van der Waals surface area contributed by atoms with Gasteiger partial charge in [0.2, 0.25) is 15.9 Å². The van der Waals surface area contributed by atoms with Crippen molar-refractivity contribution in [3.63, 3.8) is 0 Å². The van der Waals surface area contributed by atoms with Crippen molar-refractivity contribution < 1.29 is 17.9 Å². The van der Waals surface area contributed by atoms with Gasteiger partial charge < -0.3 is 10.1 Å². The fourth-order valence-corrected chi connectivity index (χ4v) is 3.01. The van der Waals surface area contributed by atoms with Crippen molar-refractivity contribution in [3.8, 4) is 5.75 Å². The van der Waals surface area contributed by atoms with E-state index in [9.17, 15) is 13.2 Å². The number of nitrogens with zero attached hydrogens (tertiary/aromatic N) is 1. The van der Waals surface area contributed by atoms with Crippen LogP contribution < -0.4 is 10.1 Å². The fourth-order valence-electron chi connectivity index (χ4n) is 2.03. The second kappa shape index (κ2) is 9.10. The van der Waals surface area contributed by atoms with Crippen LogP contribution >= 0.6 is 11.6 Å². The molecule has 0 aliphatic carbocycles. The molecule has 8 heteroatoms. The first-order valence-corrected chi connectivity index (χ1v) is 9.59. The van der Waals surface area contributed by atoms with Crippen molar-refractivity contribution in [2.45, 2.75) is 26.2 Å². The number of hydrogen-bond acceptors (Lipinski definition) is 4. The Hall–Kier alpha value is -1.31. The third-order valence-corrected chi connectivity index (χ3v) is 4.72. The average molecular weight is 363 g/mol. The predicted molar refractivity (Wildman–Crippen MR) is 92.6 cm³/mol. The van der Waals surface area contributed by atoms with Crippen LogP contribution in [0.3, 0.4) is 0 Å². The van der Waals surface area contributed by atoms with E-state index < -0.39 is 15.9 Å². The third kappa shape index (κ3) is 6.76. The van der Waals surface area contributed by atoms with Gasteiger partial charge in [0.15, 0.2) is 0 Å². The van der Waals surface area contributed by atoms with E-state index in [2.05, 4.69) is 5.32 Å². The lowest BCUT2D eigenvalue weighted by atomic mass is 10.2. The van der Waals surface area contributed by atoms with Crippen molar-refractivity contribution in [1.29, 1.82) is 0 Å². The number of halogens is 1. The number of carbonyl (C=O) groups excluding carboxylic acids is 1. The molecule has 1 aromatic rings. The highest BCUT2D eigenvalue weighted by Crippen LogP contribution is 2.27. The predicted octanol–water partition coefficient (Wildman–Crippen LogP) is 2.74. The summed E-state index contributed by atoms with van der Waals surface area (Å²) in [5, 5.41) is 3.09. The molecule has 0 aromatic heterocycles. The first-order chi connectivity index (χ1) is 10.8. The monoisotopic (exact) mass is 362 g/mol. The number of sulfonamides is 1. The molecule has 0 spiro atoms. The molecule has 0 unspecified atom stereocenters. The second-order valence-corrected chi connectivity index (χ2v) is 7.62. The number of nitrogens with one attached hydrogen (secondary N) is 1. The Morgan fingerprint density at radius 2 is 2.04 bits per heavy atom. The van der Waals surface area contributed by atoms with Crippen LogP contribution in [0, 0.1) is 0 Å². The third-order valence-electron chi connectivity index (χ3n) is 3.24. The standard InChI is InChI=1S/C15H23ClN2O4S/c1-4-5-6-9-18(23(3,20)21)11-15(19)17-13-10-12(16)7-8-14(13)22-2/h7-8,10H,4-6,9,11H2,1-3H3,(H,17,19). The molecule has 1 rings (SSSR count). The molecule has 1 N–H and O–H groups in total. The number of anilines is 1. The topological polar surface area (TPSA) is 75.7 Å². The lowest BCUT2D eigenvalue weighted by Gasteiger charge is -2.19. The molecule has 0 heterocycles. The average Bonchev–Trinajstić information content (AvgIpc) is 2.45. The number of methoxy groups -OCH3 is 1. The Labute approximate surface area is 142 Å². The van der Waals surface area contributed by atoms with Crippen LogP contribution in [-0.4, -0.2) is 45.1 Å². The van der Waals surface area contributed by atoms with Gasteiger partial charge in [0, 0.05) is 11.6 Å². The SMILES string of the molecule is CCCCCN(CC(=O)Nc1cc(Cl)ccc1OC)S(C)(=O)=O. The molecule has 1 aromatic carbocycles. The molecule has 130 valence electrons. The van der Waals surface area contributed by atoms with Crippen molar-refractivity contribution >= 4 is 33.2 Å². The van der Waals surface area contributed by atoms with E-state index in [1.165, 1.54) is 11.4 Å². The Morgan fingerprint density at radius 1 is 1.35 bits per heavy atom. The van der Waals surface area contributed by atoms with Crippen LogP contribution in [-0.2, 0) is 14.8 Å². The molecule has 0 fully saturated rings. The Balaban J connectivity index is 2.78. The zero-order chi connectivity index (χ0) is 17.5. The van der Waals surface area contributed by atoms with Gasteiger partial charge in [-0.2, -0.15) is 4.31 Å². The molecule has 6 nitrogen and oxygen atoms in total. The molecule has 0 aliphatic rings.